The highest BCUT2D eigenvalue weighted by molar-refractivity contribution is 5.32. The number of aromatic nitrogens is 6. The number of hydrogen-bond acceptors (Lipinski definition) is 4. The minimum absolute atomic E-state index is 0.0291. The van der Waals surface area contributed by atoms with Crippen molar-refractivity contribution < 1.29 is 0 Å². The van der Waals surface area contributed by atoms with Crippen LogP contribution < -0.4 is 0 Å². The van der Waals surface area contributed by atoms with Gasteiger partial charge < -0.3 is 0 Å². The van der Waals surface area contributed by atoms with Crippen LogP contribution in [0.15, 0.2) is 67.1 Å². The van der Waals surface area contributed by atoms with E-state index in [1.807, 2.05) is 52.9 Å². The molecular weight excluding hydrogens is 348 g/mol. The number of hydrogen-bond donors (Lipinski definition) is 0. The van der Waals surface area contributed by atoms with Crippen molar-refractivity contribution in [2.45, 2.75) is 39.2 Å². The van der Waals surface area contributed by atoms with Crippen LogP contribution in [0.25, 0.3) is 5.69 Å². The molecule has 0 saturated carbocycles. The second-order valence-corrected chi connectivity index (χ2v) is 6.85. The molecule has 0 amide bonds. The number of pyridine rings is 1. The maximum absolute atomic E-state index is 4.93. The van der Waals surface area contributed by atoms with Gasteiger partial charge in [-0.05, 0) is 43.5 Å². The quantitative estimate of drug-likeness (QED) is 0.493. The lowest BCUT2D eigenvalue weighted by atomic mass is 10.1. The normalized spacial score (nSPS) is 12.2. The molecule has 142 valence electrons. The third-order valence-electron chi connectivity index (χ3n) is 4.81. The van der Waals surface area contributed by atoms with Crippen LogP contribution >= 0.6 is 0 Å². The molecule has 1 aromatic carbocycles. The fraction of sp³-hybridized carbons (Fsp3) is 0.273. The third-order valence-corrected chi connectivity index (χ3v) is 4.81. The zero-order valence-electron chi connectivity index (χ0n) is 16.2. The summed E-state index contributed by atoms with van der Waals surface area (Å²) in [5, 5.41) is 9.29. The maximum Gasteiger partial charge on any atom is 0.157 e. The minimum Gasteiger partial charge on any atom is -0.262 e. The topological polar surface area (TPSA) is 61.4 Å². The Morgan fingerprint density at radius 1 is 1.00 bits per heavy atom. The number of rotatable bonds is 7. The van der Waals surface area contributed by atoms with Gasteiger partial charge in [0.05, 0.1) is 5.69 Å². The van der Waals surface area contributed by atoms with Crippen molar-refractivity contribution in [2.75, 3.05) is 0 Å². The van der Waals surface area contributed by atoms with E-state index in [4.69, 9.17) is 10.1 Å². The molecule has 0 spiro atoms. The zero-order valence-corrected chi connectivity index (χ0v) is 16.2. The van der Waals surface area contributed by atoms with Gasteiger partial charge in [-0.25, -0.2) is 9.67 Å². The first-order valence-corrected chi connectivity index (χ1v) is 9.66. The van der Waals surface area contributed by atoms with Gasteiger partial charge >= 0.3 is 0 Å². The Kier molecular flexibility index (Phi) is 5.28. The van der Waals surface area contributed by atoms with Gasteiger partial charge in [0.2, 0.25) is 0 Å². The molecule has 28 heavy (non-hydrogen) atoms. The predicted molar refractivity (Wildman–Crippen MR) is 108 cm³/mol. The molecule has 0 aliphatic heterocycles. The summed E-state index contributed by atoms with van der Waals surface area (Å²) in [5.41, 5.74) is 3.22. The van der Waals surface area contributed by atoms with Crippen molar-refractivity contribution >= 4 is 0 Å². The van der Waals surface area contributed by atoms with Crippen LogP contribution in [0.2, 0.25) is 0 Å². The summed E-state index contributed by atoms with van der Waals surface area (Å²) in [6.45, 7) is 4.13. The van der Waals surface area contributed by atoms with Gasteiger partial charge in [0.1, 0.15) is 6.04 Å². The van der Waals surface area contributed by atoms with Crippen LogP contribution in [-0.2, 0) is 12.8 Å². The first kappa shape index (κ1) is 18.1. The highest BCUT2D eigenvalue weighted by Crippen LogP contribution is 2.23. The lowest BCUT2D eigenvalue weighted by Gasteiger charge is -2.16. The van der Waals surface area contributed by atoms with Crippen molar-refractivity contribution in [2.24, 2.45) is 0 Å². The molecule has 4 aromatic rings. The lowest BCUT2D eigenvalue weighted by Crippen LogP contribution is -2.16. The molecule has 0 aliphatic carbocycles. The first-order valence-electron chi connectivity index (χ1n) is 9.66. The van der Waals surface area contributed by atoms with Gasteiger partial charge in [-0.3, -0.25) is 9.67 Å². The lowest BCUT2D eigenvalue weighted by molar-refractivity contribution is 0.474. The second kappa shape index (κ2) is 8.17. The van der Waals surface area contributed by atoms with Crippen molar-refractivity contribution in [3.05, 3.63) is 90.0 Å². The van der Waals surface area contributed by atoms with E-state index in [2.05, 4.69) is 41.3 Å². The molecule has 0 aliphatic rings. The van der Waals surface area contributed by atoms with E-state index in [-0.39, 0.29) is 6.04 Å². The average Bonchev–Trinajstić information content (AvgIpc) is 3.39. The van der Waals surface area contributed by atoms with Crippen LogP contribution in [0.1, 0.15) is 42.3 Å². The Balaban J connectivity index is 1.71. The van der Waals surface area contributed by atoms with E-state index < -0.39 is 0 Å². The van der Waals surface area contributed by atoms with Crippen LogP contribution in [0.5, 0.6) is 0 Å². The molecule has 1 atom stereocenters. The Hall–Kier alpha value is -3.28. The van der Waals surface area contributed by atoms with E-state index in [1.54, 1.807) is 6.20 Å². The van der Waals surface area contributed by atoms with Gasteiger partial charge in [-0.15, -0.1) is 0 Å². The Bertz CT molecular complexity index is 1020. The molecule has 0 radical (unpaired) electrons. The zero-order chi connectivity index (χ0) is 19.3. The van der Waals surface area contributed by atoms with Crippen molar-refractivity contribution in [3.8, 4) is 5.69 Å². The third kappa shape index (κ3) is 3.86. The Morgan fingerprint density at radius 3 is 2.57 bits per heavy atom. The number of benzene rings is 1. The van der Waals surface area contributed by atoms with Crippen LogP contribution in [0, 0.1) is 6.92 Å². The average molecular weight is 372 g/mol. The fourth-order valence-corrected chi connectivity index (χ4v) is 3.40. The van der Waals surface area contributed by atoms with Crippen LogP contribution in [-0.4, -0.2) is 29.5 Å². The summed E-state index contributed by atoms with van der Waals surface area (Å²) in [4.78, 5) is 9.24. The summed E-state index contributed by atoms with van der Waals surface area (Å²) < 4.78 is 3.90. The number of nitrogens with zero attached hydrogens (tertiary/aromatic N) is 6. The fourth-order valence-electron chi connectivity index (χ4n) is 3.40. The standard InChI is InChI=1S/C22H24N6/c1-3-20(27-15-7-13-24-27)22-25-21(11-10-18-8-5-4-6-9-18)26-28(22)19-12-14-23-17(2)16-19/h4-9,12-16,20H,3,10-11H2,1-2H3/t20-/m1/s1. The highest BCUT2D eigenvalue weighted by atomic mass is 15.4. The molecule has 0 bridgehead atoms. The summed E-state index contributed by atoms with van der Waals surface area (Å²) in [7, 11) is 0. The molecule has 6 nitrogen and oxygen atoms in total. The van der Waals surface area contributed by atoms with Crippen molar-refractivity contribution in [3.63, 3.8) is 0 Å². The summed E-state index contributed by atoms with van der Waals surface area (Å²) in [5.74, 6) is 1.75. The van der Waals surface area contributed by atoms with Crippen LogP contribution in [0.4, 0.5) is 0 Å². The van der Waals surface area contributed by atoms with Crippen molar-refractivity contribution in [1.29, 1.82) is 0 Å². The van der Waals surface area contributed by atoms with Crippen molar-refractivity contribution in [1.82, 2.24) is 29.5 Å². The number of aryl methyl sites for hydroxylation is 3. The molecule has 0 saturated heterocycles. The highest BCUT2D eigenvalue weighted by Gasteiger charge is 2.22. The van der Waals surface area contributed by atoms with E-state index >= 15 is 0 Å². The summed E-state index contributed by atoms with van der Waals surface area (Å²) >= 11 is 0. The molecule has 6 heteroatoms. The van der Waals surface area contributed by atoms with E-state index in [0.717, 1.165) is 42.3 Å². The summed E-state index contributed by atoms with van der Waals surface area (Å²) in [6.07, 6.45) is 8.18. The van der Waals surface area contributed by atoms with Gasteiger partial charge in [-0.2, -0.15) is 10.2 Å². The van der Waals surface area contributed by atoms with Gasteiger partial charge in [-0.1, -0.05) is 37.3 Å². The SMILES string of the molecule is CC[C@H](c1nc(CCc2ccccc2)nn1-c1ccnc(C)c1)n1cccn1. The molecular formula is C22H24N6. The second-order valence-electron chi connectivity index (χ2n) is 6.85. The minimum atomic E-state index is 0.0291. The van der Waals surface area contributed by atoms with Gasteiger partial charge in [0, 0.05) is 30.7 Å². The monoisotopic (exact) mass is 372 g/mol. The van der Waals surface area contributed by atoms with Gasteiger partial charge in [0.25, 0.3) is 0 Å². The molecule has 3 aromatic heterocycles. The Labute approximate surface area is 164 Å². The molecule has 0 unspecified atom stereocenters. The van der Waals surface area contributed by atoms with Crippen LogP contribution in [0.3, 0.4) is 0 Å². The Morgan fingerprint density at radius 2 is 1.86 bits per heavy atom. The van der Waals surface area contributed by atoms with E-state index in [0.29, 0.717) is 0 Å². The van der Waals surface area contributed by atoms with E-state index in [1.165, 1.54) is 5.56 Å². The summed E-state index contributed by atoms with van der Waals surface area (Å²) in [6, 6.07) is 16.4. The largest absolute Gasteiger partial charge is 0.262 e. The maximum atomic E-state index is 4.93. The smallest absolute Gasteiger partial charge is 0.157 e. The molecule has 0 fully saturated rings. The predicted octanol–water partition coefficient (Wildman–Crippen LogP) is 3.95. The van der Waals surface area contributed by atoms with E-state index in [9.17, 15) is 0 Å². The van der Waals surface area contributed by atoms with Gasteiger partial charge in [0.15, 0.2) is 11.6 Å². The first-order chi connectivity index (χ1) is 13.7. The molecule has 3 heterocycles. The molecule has 0 N–H and O–H groups in total. The molecule has 4 rings (SSSR count).